The van der Waals surface area contributed by atoms with Crippen molar-refractivity contribution in [3.05, 3.63) is 77.8 Å². The second kappa shape index (κ2) is 10.5. The molecule has 0 bridgehead atoms. The number of hydrogen-bond donors (Lipinski definition) is 2. The molecule has 1 aromatic heterocycles. The molecule has 0 unspecified atom stereocenters. The predicted octanol–water partition coefficient (Wildman–Crippen LogP) is 4.12. The van der Waals surface area contributed by atoms with Crippen LogP contribution in [-0.4, -0.2) is 39.8 Å². The van der Waals surface area contributed by atoms with Crippen LogP contribution in [0.5, 0.6) is 0 Å². The number of nitrogens with zero attached hydrogens (tertiary/aromatic N) is 3. The lowest BCUT2D eigenvalue weighted by Crippen LogP contribution is -2.35. The average molecular weight is 432 g/mol. The quantitative estimate of drug-likeness (QED) is 0.670. The van der Waals surface area contributed by atoms with Gasteiger partial charge in [-0.2, -0.15) is 0 Å². The number of carbonyl (C=O) groups excluding carboxylic acids is 2. The van der Waals surface area contributed by atoms with Gasteiger partial charge in [0.15, 0.2) is 11.5 Å². The summed E-state index contributed by atoms with van der Waals surface area (Å²) in [6, 6.07) is 7.18. The van der Waals surface area contributed by atoms with Crippen molar-refractivity contribution in [2.75, 3.05) is 18.8 Å². The van der Waals surface area contributed by atoms with Crippen LogP contribution >= 0.6 is 0 Å². The number of hydrogen-bond acceptors (Lipinski definition) is 5. The second-order valence-electron chi connectivity index (χ2n) is 7.82. The molecular formula is C25H29N5O2. The fourth-order valence-electron chi connectivity index (χ4n) is 3.53. The topological polar surface area (TPSA) is 101 Å². The maximum atomic E-state index is 12.8. The Bertz CT molecular complexity index is 1060. The fraction of sp³-hybridized carbons (Fsp3) is 0.280. The summed E-state index contributed by atoms with van der Waals surface area (Å²) in [5, 5.41) is 2.79. The summed E-state index contributed by atoms with van der Waals surface area (Å²) < 4.78 is 0. The highest BCUT2D eigenvalue weighted by Crippen LogP contribution is 2.21. The number of aromatic nitrogens is 2. The number of benzene rings is 1. The largest absolute Gasteiger partial charge is 0.382 e. The second-order valence-corrected chi connectivity index (χ2v) is 7.82. The molecule has 3 N–H and O–H groups in total. The maximum absolute atomic E-state index is 12.8. The number of allylic oxidation sites excluding steroid dienone is 4. The van der Waals surface area contributed by atoms with Crippen molar-refractivity contribution in [3.63, 3.8) is 0 Å². The number of amides is 2. The van der Waals surface area contributed by atoms with E-state index in [-0.39, 0.29) is 17.4 Å². The molecule has 166 valence electrons. The Balaban J connectivity index is 1.81. The van der Waals surface area contributed by atoms with Gasteiger partial charge in [0, 0.05) is 29.9 Å². The first kappa shape index (κ1) is 22.9. The Kier molecular flexibility index (Phi) is 7.54. The zero-order valence-corrected chi connectivity index (χ0v) is 18.6. The van der Waals surface area contributed by atoms with Crippen molar-refractivity contribution in [3.8, 4) is 11.3 Å². The minimum atomic E-state index is -0.459. The lowest BCUT2D eigenvalue weighted by Gasteiger charge is -2.26. The van der Waals surface area contributed by atoms with Gasteiger partial charge in [0.2, 0.25) is 0 Å². The van der Waals surface area contributed by atoms with Crippen LogP contribution in [0.25, 0.3) is 11.3 Å². The standard InChI is InChI=1S/C25H29N5O2/c1-4-8-20(15-17(2)3)28-24(31)22-23(26)27-16-21(29-22)18-9-11-19(12-10-18)25(32)30-13-6-5-7-14-30/h4,8-12,15-16H,2,5-7,13-14H2,1,3H3,(H2,26,27)(H,28,31). The van der Waals surface area contributed by atoms with Crippen molar-refractivity contribution in [2.24, 2.45) is 0 Å². The number of carbonyl (C=O) groups is 2. The third-order valence-corrected chi connectivity index (χ3v) is 5.09. The molecular weight excluding hydrogens is 402 g/mol. The molecule has 2 heterocycles. The number of nitrogen functional groups attached to an aromatic ring is 1. The number of likely N-dealkylation sites (tertiary alicyclic amines) is 1. The lowest BCUT2D eigenvalue weighted by atomic mass is 10.1. The predicted molar refractivity (Wildman–Crippen MR) is 127 cm³/mol. The van der Waals surface area contributed by atoms with Crippen LogP contribution in [0.15, 0.2) is 66.5 Å². The third-order valence-electron chi connectivity index (χ3n) is 5.09. The normalized spacial score (nSPS) is 14.4. The molecule has 2 amide bonds. The van der Waals surface area contributed by atoms with E-state index < -0.39 is 5.91 Å². The molecule has 0 radical (unpaired) electrons. The SMILES string of the molecule is C=C(C)C=C(C=CC)NC(=O)c1nc(-c2ccc(C(=O)N3CCCCC3)cc2)cnc1N. The first-order valence-electron chi connectivity index (χ1n) is 10.7. The van der Waals surface area contributed by atoms with E-state index in [1.807, 2.05) is 37.0 Å². The molecule has 7 heteroatoms. The van der Waals surface area contributed by atoms with Gasteiger partial charge in [0.25, 0.3) is 11.8 Å². The molecule has 1 aliphatic heterocycles. The number of nitrogens with two attached hydrogens (primary N) is 1. The summed E-state index contributed by atoms with van der Waals surface area (Å²) in [5.41, 5.74) is 9.22. The van der Waals surface area contributed by atoms with Gasteiger partial charge in [-0.25, -0.2) is 9.97 Å². The van der Waals surface area contributed by atoms with Gasteiger partial charge in [-0.05, 0) is 57.4 Å². The van der Waals surface area contributed by atoms with E-state index in [0.29, 0.717) is 17.0 Å². The molecule has 32 heavy (non-hydrogen) atoms. The molecule has 7 nitrogen and oxygen atoms in total. The van der Waals surface area contributed by atoms with E-state index in [1.54, 1.807) is 24.3 Å². The Hall–Kier alpha value is -3.74. The van der Waals surface area contributed by atoms with Gasteiger partial charge in [-0.15, -0.1) is 0 Å². The Morgan fingerprint density at radius 1 is 1.16 bits per heavy atom. The van der Waals surface area contributed by atoms with Crippen LogP contribution in [0.3, 0.4) is 0 Å². The summed E-state index contributed by atoms with van der Waals surface area (Å²) >= 11 is 0. The summed E-state index contributed by atoms with van der Waals surface area (Å²) in [4.78, 5) is 35.9. The fourth-order valence-corrected chi connectivity index (χ4v) is 3.53. The van der Waals surface area contributed by atoms with E-state index in [2.05, 4.69) is 21.9 Å². The van der Waals surface area contributed by atoms with Crippen molar-refractivity contribution in [1.82, 2.24) is 20.2 Å². The van der Waals surface area contributed by atoms with Crippen LogP contribution in [0.1, 0.15) is 54.0 Å². The maximum Gasteiger partial charge on any atom is 0.278 e. The van der Waals surface area contributed by atoms with Gasteiger partial charge in [-0.3, -0.25) is 9.59 Å². The third kappa shape index (κ3) is 5.69. The molecule has 0 saturated carbocycles. The molecule has 0 atom stereocenters. The Morgan fingerprint density at radius 2 is 1.84 bits per heavy atom. The summed E-state index contributed by atoms with van der Waals surface area (Å²) in [7, 11) is 0. The first-order chi connectivity index (χ1) is 15.4. The highest BCUT2D eigenvalue weighted by molar-refractivity contribution is 5.98. The molecule has 1 aromatic carbocycles. The van der Waals surface area contributed by atoms with Crippen LogP contribution in [0.2, 0.25) is 0 Å². The van der Waals surface area contributed by atoms with Crippen LogP contribution < -0.4 is 11.1 Å². The van der Waals surface area contributed by atoms with E-state index >= 15 is 0 Å². The minimum absolute atomic E-state index is 0.0353. The van der Waals surface area contributed by atoms with Crippen LogP contribution in [0.4, 0.5) is 5.82 Å². The molecule has 0 spiro atoms. The molecule has 0 aliphatic carbocycles. The highest BCUT2D eigenvalue weighted by Gasteiger charge is 2.19. The van der Waals surface area contributed by atoms with Crippen molar-refractivity contribution < 1.29 is 9.59 Å². The summed E-state index contributed by atoms with van der Waals surface area (Å²) in [6.07, 6.45) is 10.1. The monoisotopic (exact) mass is 431 g/mol. The number of nitrogens with one attached hydrogen (secondary N) is 1. The summed E-state index contributed by atoms with van der Waals surface area (Å²) in [5.74, 6) is -0.377. The number of piperidine rings is 1. The average Bonchev–Trinajstić information content (AvgIpc) is 2.79. The van der Waals surface area contributed by atoms with Crippen molar-refractivity contribution in [2.45, 2.75) is 33.1 Å². The molecule has 1 aliphatic rings. The number of rotatable bonds is 6. The number of anilines is 1. The molecule has 3 rings (SSSR count). The van der Waals surface area contributed by atoms with Gasteiger partial charge in [0.05, 0.1) is 11.9 Å². The zero-order valence-electron chi connectivity index (χ0n) is 18.6. The first-order valence-corrected chi connectivity index (χ1v) is 10.7. The van der Waals surface area contributed by atoms with Gasteiger partial charge < -0.3 is 16.0 Å². The van der Waals surface area contributed by atoms with Crippen molar-refractivity contribution in [1.29, 1.82) is 0 Å². The molecule has 1 fully saturated rings. The van der Waals surface area contributed by atoms with E-state index in [9.17, 15) is 9.59 Å². The lowest BCUT2D eigenvalue weighted by molar-refractivity contribution is 0.0724. The molecule has 2 aromatic rings. The van der Waals surface area contributed by atoms with E-state index in [0.717, 1.165) is 37.1 Å². The smallest absolute Gasteiger partial charge is 0.278 e. The van der Waals surface area contributed by atoms with E-state index in [1.165, 1.54) is 12.6 Å². The van der Waals surface area contributed by atoms with Gasteiger partial charge in [-0.1, -0.05) is 30.4 Å². The minimum Gasteiger partial charge on any atom is -0.382 e. The Morgan fingerprint density at radius 3 is 2.47 bits per heavy atom. The van der Waals surface area contributed by atoms with Crippen molar-refractivity contribution >= 4 is 17.6 Å². The van der Waals surface area contributed by atoms with Crippen LogP contribution in [-0.2, 0) is 0 Å². The van der Waals surface area contributed by atoms with Gasteiger partial charge in [0.1, 0.15) is 0 Å². The van der Waals surface area contributed by atoms with Gasteiger partial charge >= 0.3 is 0 Å². The molecule has 1 saturated heterocycles. The van der Waals surface area contributed by atoms with E-state index in [4.69, 9.17) is 5.73 Å². The zero-order chi connectivity index (χ0) is 23.1. The van der Waals surface area contributed by atoms with Crippen LogP contribution in [0, 0.1) is 0 Å². The Labute approximate surface area is 188 Å². The highest BCUT2D eigenvalue weighted by atomic mass is 16.2. The summed E-state index contributed by atoms with van der Waals surface area (Å²) in [6.45, 7) is 9.13.